The van der Waals surface area contributed by atoms with Crippen molar-refractivity contribution in [1.82, 2.24) is 19.5 Å². The Kier molecular flexibility index (Phi) is 10.8. The van der Waals surface area contributed by atoms with Gasteiger partial charge in [0.1, 0.15) is 47.9 Å². The van der Waals surface area contributed by atoms with Crippen LogP contribution in [0.1, 0.15) is 22.8 Å². The van der Waals surface area contributed by atoms with Gasteiger partial charge in [-0.25, -0.2) is 24.1 Å². The molecule has 3 aromatic heterocycles. The molecule has 45 heavy (non-hydrogen) atoms. The number of carbonyl (C=O) groups is 1. The van der Waals surface area contributed by atoms with Crippen molar-refractivity contribution in [3.8, 4) is 0 Å². The van der Waals surface area contributed by atoms with E-state index in [9.17, 15) is 44.1 Å². The number of rotatable bonds is 11. The molecule has 0 spiro atoms. The molecule has 0 bridgehead atoms. The number of aromatic nitrogens is 5. The van der Waals surface area contributed by atoms with Crippen LogP contribution in [0.25, 0.3) is 11.2 Å². The first-order valence-corrected chi connectivity index (χ1v) is 15.6. The standard InChI is InChI=1S/C21H27N7O14P2.Li/c22-17-12-19(25-7-24-17)28(8-26-12)21-16(32)14(30)11(41-21)6-39-44(36,37)42-43(34,35)38-5-10-13(29)15(31)20(40-10)27-3-1-2-9(4-27)18(23)33;/h1-4,7-8,10-11,13-16,20-21,29-32H,5-6H2,(H5-,22,23,24,25,33,34,35,36,37);/p+1. The molecule has 10 unspecified atom stereocenters. The molecular formula is C21H28LiN7O14P2+. The Morgan fingerprint density at radius 3 is 2.24 bits per heavy atom. The largest absolute Gasteiger partial charge is 0.481 e. The van der Waals surface area contributed by atoms with E-state index in [4.69, 9.17) is 25.5 Å². The molecule has 24 heteroatoms. The van der Waals surface area contributed by atoms with E-state index >= 15 is 0 Å². The van der Waals surface area contributed by atoms with Crippen molar-refractivity contribution in [3.05, 3.63) is 42.7 Å². The maximum absolute atomic E-state index is 12.4. The van der Waals surface area contributed by atoms with Crippen LogP contribution >= 0.6 is 15.6 Å². The van der Waals surface area contributed by atoms with Crippen LogP contribution in [0.5, 0.6) is 0 Å². The number of aliphatic hydroxyl groups excluding tert-OH is 4. The number of aliphatic hydroxyl groups is 4. The second-order valence-corrected chi connectivity index (χ2v) is 12.7. The van der Waals surface area contributed by atoms with E-state index in [0.29, 0.717) is 0 Å². The number of nitrogens with two attached hydrogens (primary N) is 2. The summed E-state index contributed by atoms with van der Waals surface area (Å²) in [5.41, 5.74) is 11.4. The molecule has 2 fully saturated rings. The van der Waals surface area contributed by atoms with Gasteiger partial charge in [0.05, 0.1) is 19.5 Å². The summed E-state index contributed by atoms with van der Waals surface area (Å²) in [6.45, 7) is -1.80. The summed E-state index contributed by atoms with van der Waals surface area (Å²) in [5, 5.41) is 41.6. The molecule has 241 valence electrons. The van der Waals surface area contributed by atoms with Crippen molar-refractivity contribution in [2.75, 3.05) is 18.9 Å². The predicted octanol–water partition coefficient (Wildman–Crippen LogP) is -3.40. The van der Waals surface area contributed by atoms with Crippen molar-refractivity contribution in [2.24, 2.45) is 5.73 Å². The fraction of sp³-hybridized carbons (Fsp3) is 0.476. The molecule has 1 radical (unpaired) electrons. The molecule has 3 aromatic rings. The SMILES string of the molecule is NC(=O)c1ccc[n+](C2OC(COP(=O)(O)OP(=O)(O)OCC3OC(n4cnc5c(N)ncnc54)C(O)C3O)C(O)C2O)c1.[Li]. The van der Waals surface area contributed by atoms with Crippen molar-refractivity contribution in [1.29, 1.82) is 0 Å². The van der Waals surface area contributed by atoms with Crippen molar-refractivity contribution < 1.29 is 71.5 Å². The second kappa shape index (κ2) is 13.7. The molecule has 1 amide bonds. The Labute approximate surface area is 264 Å². The van der Waals surface area contributed by atoms with E-state index < -0.39 is 83.8 Å². The fourth-order valence-corrected chi connectivity index (χ4v) is 6.67. The number of primary amides is 1. The zero-order chi connectivity index (χ0) is 32.0. The quantitative estimate of drug-likeness (QED) is 0.0559. The number of carbonyl (C=O) groups excluding carboxylic acids is 1. The number of hydrogen-bond donors (Lipinski definition) is 8. The van der Waals surface area contributed by atoms with Crippen molar-refractivity contribution in [3.63, 3.8) is 0 Å². The maximum atomic E-state index is 12.4. The zero-order valence-electron chi connectivity index (χ0n) is 23.2. The van der Waals surface area contributed by atoms with Crippen LogP contribution in [0.2, 0.25) is 0 Å². The normalized spacial score (nSPS) is 30.9. The molecule has 2 aliphatic rings. The van der Waals surface area contributed by atoms with Gasteiger partial charge in [-0.1, -0.05) is 0 Å². The van der Waals surface area contributed by atoms with Gasteiger partial charge in [0.15, 0.2) is 36.2 Å². The number of imidazole rings is 1. The van der Waals surface area contributed by atoms with E-state index in [1.807, 2.05) is 0 Å². The number of amides is 1. The summed E-state index contributed by atoms with van der Waals surface area (Å²) in [6, 6.07) is 2.83. The van der Waals surface area contributed by atoms with Gasteiger partial charge >= 0.3 is 15.6 Å². The Balaban J connectivity index is 0.00000461. The van der Waals surface area contributed by atoms with E-state index in [0.717, 1.165) is 6.33 Å². The van der Waals surface area contributed by atoms with Crippen LogP contribution in [0.3, 0.4) is 0 Å². The Morgan fingerprint density at radius 2 is 1.60 bits per heavy atom. The first-order valence-electron chi connectivity index (χ1n) is 12.6. The number of fused-ring (bicyclic) bond motifs is 1. The van der Waals surface area contributed by atoms with Crippen LogP contribution in [0, 0.1) is 0 Å². The number of hydrogen-bond acceptors (Lipinski definition) is 16. The Hall–Kier alpha value is -2.41. The summed E-state index contributed by atoms with van der Waals surface area (Å²) in [4.78, 5) is 43.3. The number of nitrogens with zero attached hydrogens (tertiary/aromatic N) is 5. The molecule has 5 heterocycles. The van der Waals surface area contributed by atoms with Crippen LogP contribution in [-0.2, 0) is 32.0 Å². The summed E-state index contributed by atoms with van der Waals surface area (Å²) in [7, 11) is -10.7. The fourth-order valence-electron chi connectivity index (χ4n) is 4.58. The monoisotopic (exact) mass is 671 g/mol. The van der Waals surface area contributed by atoms with Gasteiger partial charge in [-0.3, -0.25) is 18.4 Å². The number of ether oxygens (including phenoxy) is 2. The van der Waals surface area contributed by atoms with Gasteiger partial charge in [-0.05, 0) is 6.07 Å². The van der Waals surface area contributed by atoms with Crippen molar-refractivity contribution in [2.45, 2.75) is 49.1 Å². The maximum Gasteiger partial charge on any atom is 0.481 e. The van der Waals surface area contributed by atoms with Crippen molar-refractivity contribution >= 4 is 57.4 Å². The van der Waals surface area contributed by atoms with Crippen LogP contribution in [0.4, 0.5) is 5.82 Å². The number of pyridine rings is 1. The molecule has 0 aromatic carbocycles. The molecule has 10 N–H and O–H groups in total. The van der Waals surface area contributed by atoms with Gasteiger partial charge in [-0.15, -0.1) is 0 Å². The Morgan fingerprint density at radius 1 is 0.978 bits per heavy atom. The van der Waals surface area contributed by atoms with Crippen LogP contribution < -0.4 is 16.0 Å². The average molecular weight is 671 g/mol. The van der Waals surface area contributed by atoms with Gasteiger partial charge in [0.25, 0.3) is 12.1 Å². The third kappa shape index (κ3) is 7.60. The van der Waals surface area contributed by atoms with E-state index in [1.54, 1.807) is 0 Å². The van der Waals surface area contributed by atoms with Gasteiger partial charge in [-0.2, -0.15) is 8.88 Å². The molecule has 0 saturated carbocycles. The van der Waals surface area contributed by atoms with Gasteiger partial charge < -0.3 is 51.2 Å². The minimum atomic E-state index is -5.37. The molecular weight excluding hydrogens is 643 g/mol. The van der Waals surface area contributed by atoms with Gasteiger partial charge in [0.2, 0.25) is 0 Å². The molecule has 0 aliphatic carbocycles. The van der Waals surface area contributed by atoms with E-state index in [1.165, 1.54) is 40.0 Å². The number of phosphoric ester groups is 2. The molecule has 2 aliphatic heterocycles. The smallest absolute Gasteiger partial charge is 0.387 e. The zero-order valence-corrected chi connectivity index (χ0v) is 25.0. The third-order valence-electron chi connectivity index (χ3n) is 6.75. The summed E-state index contributed by atoms with van der Waals surface area (Å²) < 4.78 is 52.0. The first kappa shape index (κ1) is 35.4. The van der Waals surface area contributed by atoms with E-state index in [2.05, 4.69) is 23.8 Å². The average Bonchev–Trinajstić information content (AvgIpc) is 3.61. The summed E-state index contributed by atoms with van der Waals surface area (Å²) in [5.74, 6) is -0.714. The number of phosphoric acid groups is 2. The van der Waals surface area contributed by atoms with E-state index in [-0.39, 0.29) is 41.4 Å². The van der Waals surface area contributed by atoms with Crippen LogP contribution in [-0.4, -0.2) is 124 Å². The molecule has 10 atom stereocenters. The van der Waals surface area contributed by atoms with Gasteiger partial charge in [0, 0.05) is 24.9 Å². The first-order chi connectivity index (χ1) is 20.7. The minimum absolute atomic E-state index is 0. The number of anilines is 1. The molecule has 5 rings (SSSR count). The summed E-state index contributed by atoms with van der Waals surface area (Å²) in [6.07, 6.45) is -6.85. The Bertz CT molecular complexity index is 1640. The second-order valence-electron chi connectivity index (χ2n) is 9.69. The predicted molar refractivity (Wildman–Crippen MR) is 145 cm³/mol. The third-order valence-corrected chi connectivity index (χ3v) is 9.35. The topological polar surface area (TPSA) is 318 Å². The molecule has 2 saturated heterocycles. The summed E-state index contributed by atoms with van der Waals surface area (Å²) >= 11 is 0. The minimum Gasteiger partial charge on any atom is -0.387 e. The van der Waals surface area contributed by atoms with Crippen LogP contribution in [0.15, 0.2) is 37.2 Å². The molecule has 21 nitrogen and oxygen atoms in total. The number of nitrogen functional groups attached to an aromatic ring is 1.